The largest absolute Gasteiger partial charge is 0.497 e. The molecule has 2 amide bonds. The summed E-state index contributed by atoms with van der Waals surface area (Å²) >= 11 is 0. The summed E-state index contributed by atoms with van der Waals surface area (Å²) in [6, 6.07) is 10.6. The average Bonchev–Trinajstić information content (AvgIpc) is 2.60. The summed E-state index contributed by atoms with van der Waals surface area (Å²) < 4.78 is 10.8. The van der Waals surface area contributed by atoms with Crippen LogP contribution in [0.25, 0.3) is 0 Å². The SMILES string of the molecule is COc1cccc(CNC(=O)[C@]2(C)Oc3cccnc3NC2=O)c1. The third-order valence-electron chi connectivity index (χ3n) is 3.77. The fourth-order valence-electron chi connectivity index (χ4n) is 2.34. The van der Waals surface area contributed by atoms with Crippen molar-refractivity contribution in [1.29, 1.82) is 0 Å². The van der Waals surface area contributed by atoms with E-state index in [-0.39, 0.29) is 6.54 Å². The topological polar surface area (TPSA) is 89.6 Å². The Morgan fingerprint density at radius 3 is 3.00 bits per heavy atom. The van der Waals surface area contributed by atoms with Gasteiger partial charge in [0.2, 0.25) is 0 Å². The van der Waals surface area contributed by atoms with Crippen LogP contribution in [-0.4, -0.2) is 29.5 Å². The zero-order valence-corrected chi connectivity index (χ0v) is 13.3. The molecule has 0 saturated carbocycles. The van der Waals surface area contributed by atoms with Crippen molar-refractivity contribution in [3.05, 3.63) is 48.2 Å². The van der Waals surface area contributed by atoms with Crippen molar-refractivity contribution in [2.45, 2.75) is 19.1 Å². The molecule has 0 bridgehead atoms. The molecule has 0 aliphatic carbocycles. The van der Waals surface area contributed by atoms with Gasteiger partial charge in [0.05, 0.1) is 7.11 Å². The normalized spacial score (nSPS) is 18.8. The molecule has 1 aromatic heterocycles. The maximum absolute atomic E-state index is 12.5. The highest BCUT2D eigenvalue weighted by Crippen LogP contribution is 2.31. The zero-order valence-electron chi connectivity index (χ0n) is 13.3. The maximum Gasteiger partial charge on any atom is 0.279 e. The van der Waals surface area contributed by atoms with Crippen LogP contribution in [0.5, 0.6) is 11.5 Å². The van der Waals surface area contributed by atoms with Crippen LogP contribution in [0.2, 0.25) is 0 Å². The first kappa shape index (κ1) is 15.8. The summed E-state index contributed by atoms with van der Waals surface area (Å²) in [5.41, 5.74) is -0.806. The van der Waals surface area contributed by atoms with Crippen LogP contribution in [0.3, 0.4) is 0 Å². The first-order chi connectivity index (χ1) is 11.5. The number of anilines is 1. The quantitative estimate of drug-likeness (QED) is 0.831. The van der Waals surface area contributed by atoms with Gasteiger partial charge in [0.15, 0.2) is 11.6 Å². The molecule has 0 radical (unpaired) electrons. The zero-order chi connectivity index (χ0) is 17.2. The Bertz CT molecular complexity index is 793. The molecule has 1 aromatic carbocycles. The fourth-order valence-corrected chi connectivity index (χ4v) is 2.34. The number of rotatable bonds is 4. The Labute approximate surface area is 139 Å². The molecule has 0 unspecified atom stereocenters. The van der Waals surface area contributed by atoms with E-state index in [9.17, 15) is 9.59 Å². The van der Waals surface area contributed by atoms with Gasteiger partial charge in [-0.3, -0.25) is 9.59 Å². The Kier molecular flexibility index (Phi) is 4.07. The van der Waals surface area contributed by atoms with Crippen LogP contribution in [0.1, 0.15) is 12.5 Å². The van der Waals surface area contributed by atoms with E-state index in [1.54, 1.807) is 19.2 Å². The predicted molar refractivity (Wildman–Crippen MR) is 86.7 cm³/mol. The van der Waals surface area contributed by atoms with E-state index in [0.29, 0.717) is 17.3 Å². The van der Waals surface area contributed by atoms with Crippen molar-refractivity contribution in [2.75, 3.05) is 12.4 Å². The van der Waals surface area contributed by atoms with Crippen LogP contribution < -0.4 is 20.1 Å². The van der Waals surface area contributed by atoms with E-state index in [1.807, 2.05) is 24.3 Å². The standard InChI is InChI=1S/C17H17N3O4/c1-17(16(22)20-14-13(24-17)7-4-8-18-14)15(21)19-10-11-5-3-6-12(9-11)23-2/h3-9H,10H2,1-2H3,(H,19,21)(H,18,20,22)/t17-/m0/s1. The van der Waals surface area contributed by atoms with Gasteiger partial charge in [-0.1, -0.05) is 12.1 Å². The number of methoxy groups -OCH3 is 1. The lowest BCUT2D eigenvalue weighted by Gasteiger charge is -2.32. The lowest BCUT2D eigenvalue weighted by molar-refractivity contribution is -0.146. The summed E-state index contributed by atoms with van der Waals surface area (Å²) in [7, 11) is 1.57. The number of carbonyl (C=O) groups is 2. The number of nitrogens with one attached hydrogen (secondary N) is 2. The van der Waals surface area contributed by atoms with Gasteiger partial charge in [-0.25, -0.2) is 4.98 Å². The summed E-state index contributed by atoms with van der Waals surface area (Å²) in [6.07, 6.45) is 1.54. The Balaban J connectivity index is 1.73. The second kappa shape index (κ2) is 6.19. The first-order valence-corrected chi connectivity index (χ1v) is 7.39. The number of ether oxygens (including phenoxy) is 2. The molecule has 124 valence electrons. The highest BCUT2D eigenvalue weighted by molar-refractivity contribution is 6.15. The summed E-state index contributed by atoms with van der Waals surface area (Å²) in [5.74, 6) is 0.269. The summed E-state index contributed by atoms with van der Waals surface area (Å²) in [5, 5.41) is 5.31. The molecular weight excluding hydrogens is 310 g/mol. The van der Waals surface area contributed by atoms with Crippen molar-refractivity contribution in [3.8, 4) is 11.5 Å². The van der Waals surface area contributed by atoms with Gasteiger partial charge in [0.25, 0.3) is 17.4 Å². The van der Waals surface area contributed by atoms with Gasteiger partial charge in [-0.2, -0.15) is 0 Å². The molecule has 0 fully saturated rings. The summed E-state index contributed by atoms with van der Waals surface area (Å²) in [6.45, 7) is 1.68. The number of pyridine rings is 1. The van der Waals surface area contributed by atoms with Crippen LogP contribution in [0, 0.1) is 0 Å². The van der Waals surface area contributed by atoms with Crippen molar-refractivity contribution in [1.82, 2.24) is 10.3 Å². The Morgan fingerprint density at radius 1 is 1.38 bits per heavy atom. The van der Waals surface area contributed by atoms with Gasteiger partial charge in [0, 0.05) is 12.7 Å². The minimum absolute atomic E-state index is 0.252. The van der Waals surface area contributed by atoms with E-state index in [0.717, 1.165) is 5.56 Å². The molecule has 0 saturated heterocycles. The van der Waals surface area contributed by atoms with Gasteiger partial charge in [0.1, 0.15) is 5.75 Å². The molecular formula is C17H17N3O4. The van der Waals surface area contributed by atoms with Crippen LogP contribution in [0.15, 0.2) is 42.6 Å². The number of benzene rings is 1. The average molecular weight is 327 g/mol. The van der Waals surface area contributed by atoms with E-state index in [2.05, 4.69) is 15.6 Å². The second-order valence-corrected chi connectivity index (χ2v) is 5.47. The first-order valence-electron chi connectivity index (χ1n) is 7.39. The fraction of sp³-hybridized carbons (Fsp3) is 0.235. The molecule has 7 heteroatoms. The lowest BCUT2D eigenvalue weighted by Crippen LogP contribution is -2.58. The highest BCUT2D eigenvalue weighted by Gasteiger charge is 2.47. The third-order valence-corrected chi connectivity index (χ3v) is 3.77. The Morgan fingerprint density at radius 2 is 2.21 bits per heavy atom. The number of hydrogen-bond donors (Lipinski definition) is 2. The lowest BCUT2D eigenvalue weighted by atomic mass is 10.0. The molecule has 7 nitrogen and oxygen atoms in total. The summed E-state index contributed by atoms with van der Waals surface area (Å²) in [4.78, 5) is 28.8. The maximum atomic E-state index is 12.5. The van der Waals surface area contributed by atoms with Gasteiger partial charge in [-0.15, -0.1) is 0 Å². The monoisotopic (exact) mass is 327 g/mol. The number of amides is 2. The van der Waals surface area contributed by atoms with Crippen molar-refractivity contribution in [3.63, 3.8) is 0 Å². The van der Waals surface area contributed by atoms with E-state index in [4.69, 9.17) is 9.47 Å². The molecule has 24 heavy (non-hydrogen) atoms. The van der Waals surface area contributed by atoms with E-state index >= 15 is 0 Å². The van der Waals surface area contributed by atoms with Crippen LogP contribution in [-0.2, 0) is 16.1 Å². The van der Waals surface area contributed by atoms with Crippen LogP contribution >= 0.6 is 0 Å². The predicted octanol–water partition coefficient (Wildman–Crippen LogP) is 1.50. The Hall–Kier alpha value is -3.09. The number of hydrogen-bond acceptors (Lipinski definition) is 5. The second-order valence-electron chi connectivity index (χ2n) is 5.47. The van der Waals surface area contributed by atoms with Crippen LogP contribution in [0.4, 0.5) is 5.82 Å². The van der Waals surface area contributed by atoms with E-state index in [1.165, 1.54) is 13.1 Å². The molecule has 2 heterocycles. The molecule has 3 rings (SSSR count). The number of fused-ring (bicyclic) bond motifs is 1. The van der Waals surface area contributed by atoms with Crippen molar-refractivity contribution >= 4 is 17.6 Å². The number of aromatic nitrogens is 1. The highest BCUT2D eigenvalue weighted by atomic mass is 16.5. The van der Waals surface area contributed by atoms with Gasteiger partial charge < -0.3 is 20.1 Å². The van der Waals surface area contributed by atoms with Crippen molar-refractivity contribution < 1.29 is 19.1 Å². The third kappa shape index (κ3) is 2.88. The number of carbonyl (C=O) groups excluding carboxylic acids is 2. The van der Waals surface area contributed by atoms with Crippen molar-refractivity contribution in [2.24, 2.45) is 0 Å². The molecule has 1 aliphatic rings. The minimum atomic E-state index is -1.66. The van der Waals surface area contributed by atoms with E-state index < -0.39 is 17.4 Å². The molecule has 2 aromatic rings. The molecule has 2 N–H and O–H groups in total. The number of nitrogens with zero attached hydrogens (tertiary/aromatic N) is 1. The van der Waals surface area contributed by atoms with Gasteiger partial charge >= 0.3 is 0 Å². The smallest absolute Gasteiger partial charge is 0.279 e. The molecule has 1 atom stereocenters. The molecule has 1 aliphatic heterocycles. The molecule has 0 spiro atoms. The van der Waals surface area contributed by atoms with Gasteiger partial charge in [-0.05, 0) is 36.8 Å². The minimum Gasteiger partial charge on any atom is -0.497 e.